The van der Waals surface area contributed by atoms with Crippen LogP contribution < -0.4 is 0 Å². The van der Waals surface area contributed by atoms with Gasteiger partial charge in [-0.15, -0.1) is 0 Å². The van der Waals surface area contributed by atoms with Gasteiger partial charge < -0.3 is 9.16 Å². The fourth-order valence-electron chi connectivity index (χ4n) is 0.692. The summed E-state index contributed by atoms with van der Waals surface area (Å²) in [5.41, 5.74) is 0. The van der Waals surface area contributed by atoms with Crippen LogP contribution in [-0.4, -0.2) is 41.6 Å². The topological polar surface area (TPSA) is 90.9 Å². The second-order valence-electron chi connectivity index (χ2n) is 2.87. The van der Waals surface area contributed by atoms with E-state index >= 15 is 0 Å². The highest BCUT2D eigenvalue weighted by molar-refractivity contribution is 6.52. The Balaban J connectivity index is 4.51. The van der Waals surface area contributed by atoms with E-state index < -0.39 is 21.8 Å². The monoisotopic (exact) mass is 300 g/mol. The molecule has 0 N–H and O–H groups in total. The minimum absolute atomic E-state index is 0.219. The van der Waals surface area contributed by atoms with E-state index in [2.05, 4.69) is 4.74 Å². The molecule has 0 rings (SSSR count). The first-order chi connectivity index (χ1) is 9.10. The van der Waals surface area contributed by atoms with Crippen LogP contribution >= 0.6 is 0 Å². The maximum absolute atomic E-state index is 10.7. The fraction of sp³-hybridized carbons (Fsp3) is 0.889. The molecule has 0 aliphatic heterocycles. The van der Waals surface area contributed by atoms with Crippen molar-refractivity contribution in [3.05, 3.63) is 0 Å². The molecule has 0 aromatic rings. The van der Waals surface area contributed by atoms with E-state index in [0.29, 0.717) is 0 Å². The number of carbonyl (C=O) groups is 1. The van der Waals surface area contributed by atoms with Gasteiger partial charge in [-0.05, 0) is 20.8 Å². The second kappa shape index (κ2) is 11.3. The first-order valence-corrected chi connectivity index (χ1v) is 7.42. The van der Waals surface area contributed by atoms with Crippen molar-refractivity contribution < 1.29 is 42.4 Å². The van der Waals surface area contributed by atoms with Crippen LogP contribution in [0, 0.1) is 0 Å². The molecule has 19 heavy (non-hydrogen) atoms. The van der Waals surface area contributed by atoms with Crippen molar-refractivity contribution in [1.82, 2.24) is 0 Å². The standard InChI is InChI=1S/C9H20O9Si/c1-5-12-16-19(17-13-6-2,18-14-7-3)15-8-11-9(4)10/h5-8H2,1-4H3. The van der Waals surface area contributed by atoms with Crippen LogP contribution in [0.5, 0.6) is 0 Å². The molecule has 0 aliphatic rings. The lowest BCUT2D eigenvalue weighted by atomic mass is 10.8. The van der Waals surface area contributed by atoms with Crippen LogP contribution in [-0.2, 0) is 42.4 Å². The van der Waals surface area contributed by atoms with E-state index in [9.17, 15) is 4.79 Å². The van der Waals surface area contributed by atoms with Gasteiger partial charge in [-0.3, -0.25) is 4.79 Å². The Morgan fingerprint density at radius 1 is 0.895 bits per heavy atom. The summed E-state index contributed by atoms with van der Waals surface area (Å²) in [6, 6.07) is 0. The molecule has 0 aromatic carbocycles. The third kappa shape index (κ3) is 9.02. The molecule has 10 heteroatoms. The van der Waals surface area contributed by atoms with E-state index in [0.717, 1.165) is 0 Å². The van der Waals surface area contributed by atoms with Gasteiger partial charge in [0.05, 0.1) is 19.8 Å². The van der Waals surface area contributed by atoms with Crippen molar-refractivity contribution in [3.8, 4) is 0 Å². The van der Waals surface area contributed by atoms with Crippen LogP contribution in [0.3, 0.4) is 0 Å². The Morgan fingerprint density at radius 3 is 1.63 bits per heavy atom. The zero-order valence-electron chi connectivity index (χ0n) is 11.5. The lowest BCUT2D eigenvalue weighted by Crippen LogP contribution is -2.50. The van der Waals surface area contributed by atoms with Gasteiger partial charge in [-0.25, -0.2) is 14.7 Å². The molecule has 0 fully saturated rings. The summed E-state index contributed by atoms with van der Waals surface area (Å²) in [4.78, 5) is 24.9. The molecule has 0 unspecified atom stereocenters. The molecule has 0 amide bonds. The highest BCUT2D eigenvalue weighted by Gasteiger charge is 2.53. The lowest BCUT2D eigenvalue weighted by molar-refractivity contribution is -0.388. The number of hydrogen-bond acceptors (Lipinski definition) is 9. The molecule has 0 heterocycles. The van der Waals surface area contributed by atoms with Gasteiger partial charge in [0.25, 0.3) is 0 Å². The molecule has 0 bridgehead atoms. The number of rotatable bonds is 12. The maximum Gasteiger partial charge on any atom is 0.767 e. The summed E-state index contributed by atoms with van der Waals surface area (Å²) in [6.45, 7) is 6.49. The van der Waals surface area contributed by atoms with E-state index in [1.165, 1.54) is 6.92 Å². The average Bonchev–Trinajstić information content (AvgIpc) is 2.39. The van der Waals surface area contributed by atoms with Gasteiger partial charge in [-0.1, -0.05) is 0 Å². The molecule has 9 nitrogen and oxygen atoms in total. The molecule has 0 radical (unpaired) electrons. The highest BCUT2D eigenvalue weighted by Crippen LogP contribution is 2.14. The third-order valence-electron chi connectivity index (χ3n) is 1.33. The third-order valence-corrected chi connectivity index (χ3v) is 2.77. The summed E-state index contributed by atoms with van der Waals surface area (Å²) < 4.78 is 24.4. The molecule has 0 aliphatic carbocycles. The van der Waals surface area contributed by atoms with Crippen LogP contribution in [0.15, 0.2) is 0 Å². The number of hydrogen-bond donors (Lipinski definition) is 0. The fourth-order valence-corrected chi connectivity index (χ4v) is 1.91. The van der Waals surface area contributed by atoms with Crippen molar-refractivity contribution in [3.63, 3.8) is 0 Å². The Kier molecular flexibility index (Phi) is 10.9. The number of carbonyl (C=O) groups excluding carboxylic acids is 1. The zero-order valence-corrected chi connectivity index (χ0v) is 12.5. The van der Waals surface area contributed by atoms with Gasteiger partial charge in [0, 0.05) is 6.92 Å². The zero-order chi connectivity index (χ0) is 14.6. The van der Waals surface area contributed by atoms with Gasteiger partial charge in [0.15, 0.2) is 6.79 Å². The first kappa shape index (κ1) is 18.4. The number of esters is 1. The Bertz CT molecular complexity index is 216. The van der Waals surface area contributed by atoms with Crippen molar-refractivity contribution in [2.75, 3.05) is 26.6 Å². The van der Waals surface area contributed by atoms with E-state index in [1.54, 1.807) is 20.8 Å². The molecule has 114 valence electrons. The van der Waals surface area contributed by atoms with Crippen molar-refractivity contribution in [2.24, 2.45) is 0 Å². The van der Waals surface area contributed by atoms with E-state index in [4.69, 9.17) is 32.8 Å². The molecule has 0 saturated carbocycles. The molecule has 0 aromatic heterocycles. The van der Waals surface area contributed by atoms with Crippen LogP contribution in [0.2, 0.25) is 0 Å². The van der Waals surface area contributed by atoms with Crippen LogP contribution in [0.1, 0.15) is 27.7 Å². The van der Waals surface area contributed by atoms with Gasteiger partial charge >= 0.3 is 15.0 Å². The maximum atomic E-state index is 10.7. The summed E-state index contributed by atoms with van der Waals surface area (Å²) in [5, 5.41) is 0. The molecular formula is C9H20O9Si. The van der Waals surface area contributed by atoms with E-state index in [-0.39, 0.29) is 19.8 Å². The molecule has 0 saturated heterocycles. The molecule has 0 spiro atoms. The summed E-state index contributed by atoms with van der Waals surface area (Å²) >= 11 is 0. The minimum Gasteiger partial charge on any atom is -0.439 e. The minimum atomic E-state index is -3.87. The second-order valence-corrected chi connectivity index (χ2v) is 4.66. The first-order valence-electron chi connectivity index (χ1n) is 5.79. The summed E-state index contributed by atoms with van der Waals surface area (Å²) in [5.74, 6) is -0.535. The SMILES string of the molecule is CCOO[Si](OCOC(C)=O)(OOCC)OOCC. The van der Waals surface area contributed by atoms with Crippen molar-refractivity contribution in [1.29, 1.82) is 0 Å². The Hall–Kier alpha value is -0.593. The van der Waals surface area contributed by atoms with Crippen LogP contribution in [0.25, 0.3) is 0 Å². The lowest BCUT2D eigenvalue weighted by Gasteiger charge is -2.23. The van der Waals surface area contributed by atoms with E-state index in [1.807, 2.05) is 0 Å². The highest BCUT2D eigenvalue weighted by atomic mass is 28.4. The normalized spacial score (nSPS) is 11.6. The number of ether oxygens (including phenoxy) is 1. The van der Waals surface area contributed by atoms with Gasteiger partial charge in [-0.2, -0.15) is 13.7 Å². The summed E-state index contributed by atoms with van der Waals surface area (Å²) in [6.07, 6.45) is 0. The van der Waals surface area contributed by atoms with Crippen molar-refractivity contribution in [2.45, 2.75) is 27.7 Å². The Labute approximate surface area is 112 Å². The summed E-state index contributed by atoms with van der Waals surface area (Å²) in [7, 11) is -3.87. The predicted molar refractivity (Wildman–Crippen MR) is 61.6 cm³/mol. The predicted octanol–water partition coefficient (Wildman–Crippen LogP) is 0.863. The quantitative estimate of drug-likeness (QED) is 0.171. The molecule has 0 atom stereocenters. The Morgan fingerprint density at radius 2 is 1.32 bits per heavy atom. The molecular weight excluding hydrogens is 280 g/mol. The van der Waals surface area contributed by atoms with Crippen LogP contribution in [0.4, 0.5) is 0 Å². The van der Waals surface area contributed by atoms with Gasteiger partial charge in [0.1, 0.15) is 0 Å². The largest absolute Gasteiger partial charge is 0.767 e. The smallest absolute Gasteiger partial charge is 0.439 e. The average molecular weight is 300 g/mol. The van der Waals surface area contributed by atoms with Gasteiger partial charge in [0.2, 0.25) is 0 Å². The van der Waals surface area contributed by atoms with Crippen molar-refractivity contribution >= 4 is 15.0 Å².